The number of hydrogen-bond donors (Lipinski definition) is 1. The smallest absolute Gasteiger partial charge is 0.203 e. The molecule has 0 unspecified atom stereocenters. The molecular weight excluding hydrogens is 320 g/mol. The predicted octanol–water partition coefficient (Wildman–Crippen LogP) is 3.83. The number of anilines is 1. The van der Waals surface area contributed by atoms with Crippen LogP contribution in [0, 0.1) is 0 Å². The third-order valence-electron chi connectivity index (χ3n) is 3.87. The molecular formula is C18H18N4OS. The first kappa shape index (κ1) is 16.1. The Labute approximate surface area is 143 Å². The maximum Gasteiger partial charge on any atom is 0.203 e. The zero-order chi connectivity index (χ0) is 17.1. The number of nitrogen functional groups attached to an aromatic ring is 1. The third-order valence-corrected chi connectivity index (χ3v) is 4.77. The number of hydrogen-bond acceptors (Lipinski definition) is 5. The molecule has 2 N–H and O–H groups in total. The standard InChI is InChI=1S/C14H11NO.C4H7N3S/c1-15-13-8-3-2-6-11(13)12-7-4-5-10(9-16)14(12)15;1-2-3-6-7-4(5)8-3/h2-9H,1H3;2H2,1H3,(H2,5,7). The molecule has 0 radical (unpaired) electrons. The Morgan fingerprint density at radius 1 is 1.12 bits per heavy atom. The maximum atomic E-state index is 11.0. The SMILES string of the molecule is CCc1nnc(N)s1.Cn1c2ccccc2c2cccc(C=O)c21. The molecule has 2 aromatic carbocycles. The van der Waals surface area contributed by atoms with E-state index in [1.54, 1.807) is 0 Å². The second kappa shape index (κ2) is 6.80. The molecule has 0 atom stereocenters. The number of aromatic nitrogens is 3. The summed E-state index contributed by atoms with van der Waals surface area (Å²) < 4.78 is 2.08. The van der Waals surface area contributed by atoms with Crippen LogP contribution in [0.5, 0.6) is 0 Å². The van der Waals surface area contributed by atoms with Gasteiger partial charge in [0.1, 0.15) is 5.01 Å². The molecule has 0 spiro atoms. The highest BCUT2D eigenvalue weighted by molar-refractivity contribution is 7.15. The van der Waals surface area contributed by atoms with Gasteiger partial charge in [-0.1, -0.05) is 48.6 Å². The van der Waals surface area contributed by atoms with Gasteiger partial charge in [-0.15, -0.1) is 10.2 Å². The van der Waals surface area contributed by atoms with E-state index in [-0.39, 0.29) is 0 Å². The maximum absolute atomic E-state index is 11.0. The minimum atomic E-state index is 0.557. The van der Waals surface area contributed by atoms with Crippen molar-refractivity contribution in [2.75, 3.05) is 5.73 Å². The van der Waals surface area contributed by atoms with E-state index in [9.17, 15) is 4.79 Å². The van der Waals surface area contributed by atoms with Crippen molar-refractivity contribution in [2.45, 2.75) is 13.3 Å². The summed E-state index contributed by atoms with van der Waals surface area (Å²) in [5.41, 5.74) is 8.22. The molecule has 2 heterocycles. The summed E-state index contributed by atoms with van der Waals surface area (Å²) in [6.45, 7) is 2.03. The van der Waals surface area contributed by atoms with Crippen LogP contribution in [0.15, 0.2) is 42.5 Å². The van der Waals surface area contributed by atoms with E-state index in [2.05, 4.69) is 33.0 Å². The number of fused-ring (bicyclic) bond motifs is 3. The van der Waals surface area contributed by atoms with Gasteiger partial charge in [0, 0.05) is 28.9 Å². The van der Waals surface area contributed by atoms with Crippen LogP contribution in [-0.2, 0) is 13.5 Å². The molecule has 24 heavy (non-hydrogen) atoms. The van der Waals surface area contributed by atoms with Crippen LogP contribution in [-0.4, -0.2) is 21.1 Å². The Morgan fingerprint density at radius 3 is 2.50 bits per heavy atom. The van der Waals surface area contributed by atoms with E-state index in [0.29, 0.717) is 5.13 Å². The minimum absolute atomic E-state index is 0.557. The number of para-hydroxylation sites is 2. The van der Waals surface area contributed by atoms with Gasteiger partial charge in [0.05, 0.1) is 5.52 Å². The summed E-state index contributed by atoms with van der Waals surface area (Å²) >= 11 is 1.44. The van der Waals surface area contributed by atoms with Crippen LogP contribution in [0.3, 0.4) is 0 Å². The first-order valence-corrected chi connectivity index (χ1v) is 8.46. The highest BCUT2D eigenvalue weighted by Crippen LogP contribution is 2.29. The lowest BCUT2D eigenvalue weighted by atomic mass is 10.1. The topological polar surface area (TPSA) is 73.8 Å². The Hall–Kier alpha value is -2.73. The van der Waals surface area contributed by atoms with E-state index in [4.69, 9.17) is 5.73 Å². The van der Waals surface area contributed by atoms with Crippen molar-refractivity contribution in [1.29, 1.82) is 0 Å². The summed E-state index contributed by atoms with van der Waals surface area (Å²) in [4.78, 5) is 11.0. The molecule has 6 heteroatoms. The lowest BCUT2D eigenvalue weighted by Gasteiger charge is -1.99. The van der Waals surface area contributed by atoms with Crippen LogP contribution in [0.1, 0.15) is 22.3 Å². The van der Waals surface area contributed by atoms with E-state index in [1.807, 2.05) is 38.2 Å². The molecule has 4 aromatic rings. The first-order chi connectivity index (χ1) is 11.7. The second-order valence-corrected chi connectivity index (χ2v) is 6.42. The molecule has 0 aliphatic heterocycles. The van der Waals surface area contributed by atoms with Crippen molar-refractivity contribution in [3.63, 3.8) is 0 Å². The Morgan fingerprint density at radius 2 is 1.88 bits per heavy atom. The van der Waals surface area contributed by atoms with Crippen molar-refractivity contribution in [3.8, 4) is 0 Å². The lowest BCUT2D eigenvalue weighted by Crippen LogP contribution is -1.90. The lowest BCUT2D eigenvalue weighted by molar-refractivity contribution is 0.112. The first-order valence-electron chi connectivity index (χ1n) is 7.64. The van der Waals surface area contributed by atoms with Crippen molar-refractivity contribution < 1.29 is 4.79 Å². The molecule has 4 rings (SSSR count). The van der Waals surface area contributed by atoms with E-state index in [1.165, 1.54) is 16.7 Å². The van der Waals surface area contributed by atoms with Crippen LogP contribution >= 0.6 is 11.3 Å². The van der Waals surface area contributed by atoms with Crippen LogP contribution < -0.4 is 5.73 Å². The molecule has 0 aliphatic rings. The van der Waals surface area contributed by atoms with Gasteiger partial charge in [0.2, 0.25) is 5.13 Å². The number of nitrogens with zero attached hydrogens (tertiary/aromatic N) is 3. The van der Waals surface area contributed by atoms with Crippen molar-refractivity contribution in [1.82, 2.24) is 14.8 Å². The zero-order valence-corrected chi connectivity index (χ0v) is 14.4. The normalized spacial score (nSPS) is 10.6. The van der Waals surface area contributed by atoms with E-state index in [0.717, 1.165) is 39.7 Å². The molecule has 5 nitrogen and oxygen atoms in total. The summed E-state index contributed by atoms with van der Waals surface area (Å²) in [6, 6.07) is 14.0. The second-order valence-electron chi connectivity index (χ2n) is 5.33. The highest BCUT2D eigenvalue weighted by atomic mass is 32.1. The molecule has 0 bridgehead atoms. The van der Waals surface area contributed by atoms with Gasteiger partial charge in [0.15, 0.2) is 6.29 Å². The van der Waals surface area contributed by atoms with Gasteiger partial charge in [-0.05, 0) is 18.6 Å². The number of benzene rings is 2. The predicted molar refractivity (Wildman–Crippen MR) is 99.5 cm³/mol. The van der Waals surface area contributed by atoms with Gasteiger partial charge in [0.25, 0.3) is 0 Å². The molecule has 0 fully saturated rings. The fourth-order valence-electron chi connectivity index (χ4n) is 2.77. The monoisotopic (exact) mass is 338 g/mol. The highest BCUT2D eigenvalue weighted by Gasteiger charge is 2.09. The Bertz CT molecular complexity index is 1000. The zero-order valence-electron chi connectivity index (χ0n) is 13.6. The van der Waals surface area contributed by atoms with Crippen molar-refractivity contribution in [2.24, 2.45) is 7.05 Å². The van der Waals surface area contributed by atoms with Crippen molar-refractivity contribution >= 4 is 44.6 Å². The fraction of sp³-hybridized carbons (Fsp3) is 0.167. The van der Waals surface area contributed by atoms with Crippen LogP contribution in [0.4, 0.5) is 5.13 Å². The molecule has 122 valence electrons. The Kier molecular flexibility index (Phi) is 4.57. The third kappa shape index (κ3) is 2.88. The number of aldehydes is 1. The number of carbonyl (C=O) groups excluding carboxylic acids is 1. The summed E-state index contributed by atoms with van der Waals surface area (Å²) in [6.07, 6.45) is 1.84. The van der Waals surface area contributed by atoms with Gasteiger partial charge >= 0.3 is 0 Å². The number of rotatable bonds is 2. The number of nitrogens with two attached hydrogens (primary N) is 1. The van der Waals surface area contributed by atoms with Crippen LogP contribution in [0.2, 0.25) is 0 Å². The van der Waals surface area contributed by atoms with Gasteiger partial charge < -0.3 is 10.3 Å². The molecule has 2 aromatic heterocycles. The van der Waals surface area contributed by atoms with Gasteiger partial charge in [-0.2, -0.15) is 0 Å². The van der Waals surface area contributed by atoms with E-state index < -0.39 is 0 Å². The molecule has 0 saturated carbocycles. The molecule has 0 amide bonds. The summed E-state index contributed by atoms with van der Waals surface area (Å²) in [7, 11) is 2.00. The molecule has 0 aliphatic carbocycles. The van der Waals surface area contributed by atoms with Crippen LogP contribution in [0.25, 0.3) is 21.8 Å². The number of carbonyl (C=O) groups is 1. The average molecular weight is 338 g/mol. The summed E-state index contributed by atoms with van der Waals surface area (Å²) in [5.74, 6) is 0. The number of aryl methyl sites for hydroxylation is 2. The van der Waals surface area contributed by atoms with E-state index >= 15 is 0 Å². The largest absolute Gasteiger partial charge is 0.374 e. The minimum Gasteiger partial charge on any atom is -0.374 e. The fourth-order valence-corrected chi connectivity index (χ4v) is 3.32. The Balaban J connectivity index is 0.000000179. The van der Waals surface area contributed by atoms with Crippen molar-refractivity contribution in [3.05, 3.63) is 53.0 Å². The average Bonchev–Trinajstić information content (AvgIpc) is 3.18. The molecule has 0 saturated heterocycles. The quantitative estimate of drug-likeness (QED) is 0.564. The van der Waals surface area contributed by atoms with Gasteiger partial charge in [-0.25, -0.2) is 0 Å². The summed E-state index contributed by atoms with van der Waals surface area (Å²) in [5, 5.41) is 11.3. The van der Waals surface area contributed by atoms with Gasteiger partial charge in [-0.3, -0.25) is 4.79 Å².